The molecule has 1 aliphatic rings. The van der Waals surface area contributed by atoms with Gasteiger partial charge in [0.25, 0.3) is 5.91 Å². The Labute approximate surface area is 210 Å². The molecule has 0 aromatic heterocycles. The topological polar surface area (TPSA) is 87.5 Å². The lowest BCUT2D eigenvalue weighted by Gasteiger charge is -2.44. The minimum absolute atomic E-state index is 0.0588. The van der Waals surface area contributed by atoms with Crippen LogP contribution in [0.5, 0.6) is 0 Å². The summed E-state index contributed by atoms with van der Waals surface area (Å²) in [5.74, 6) is -5.63. The molecule has 0 radical (unpaired) electrons. The van der Waals surface area contributed by atoms with Gasteiger partial charge in [0.2, 0.25) is 0 Å². The number of nitrogens with zero attached hydrogens (tertiary/aromatic N) is 4. The van der Waals surface area contributed by atoms with Gasteiger partial charge < -0.3 is 14.4 Å². The number of amides is 1. The van der Waals surface area contributed by atoms with E-state index in [1.54, 1.807) is 13.8 Å². The molecule has 0 bridgehead atoms. The highest BCUT2D eigenvalue weighted by atomic mass is 19.3. The molecule has 0 saturated carbocycles. The third-order valence-corrected chi connectivity index (χ3v) is 6.68. The fraction of sp³-hybridized carbons (Fsp3) is 0.962. The zero-order valence-electron chi connectivity index (χ0n) is 22.5. The molecule has 1 aliphatic heterocycles. The molecule has 35 heavy (non-hydrogen) atoms. The molecular formula is C26H48F2N4O3. The second-order valence-corrected chi connectivity index (χ2v) is 10.6. The van der Waals surface area contributed by atoms with E-state index in [0.29, 0.717) is 13.1 Å². The van der Waals surface area contributed by atoms with Crippen LogP contribution in [0.1, 0.15) is 111 Å². The number of halogens is 2. The first-order valence-corrected chi connectivity index (χ1v) is 13.6. The molecular weight excluding hydrogens is 454 g/mol. The van der Waals surface area contributed by atoms with Crippen molar-refractivity contribution in [2.75, 3.05) is 32.8 Å². The summed E-state index contributed by atoms with van der Waals surface area (Å²) >= 11 is 0. The van der Waals surface area contributed by atoms with E-state index in [9.17, 15) is 4.79 Å². The first-order chi connectivity index (χ1) is 16.6. The van der Waals surface area contributed by atoms with Gasteiger partial charge in [-0.2, -0.15) is 8.78 Å². The summed E-state index contributed by atoms with van der Waals surface area (Å²) < 4.78 is 42.1. The highest BCUT2D eigenvalue weighted by molar-refractivity contribution is 5.83. The lowest BCUT2D eigenvalue weighted by molar-refractivity contribution is -0.290. The maximum atomic E-state index is 15.4. The van der Waals surface area contributed by atoms with E-state index < -0.39 is 29.5 Å². The van der Waals surface area contributed by atoms with Gasteiger partial charge in [-0.05, 0) is 32.2 Å². The Morgan fingerprint density at radius 1 is 0.914 bits per heavy atom. The molecule has 9 heteroatoms. The molecule has 204 valence electrons. The first-order valence-electron chi connectivity index (χ1n) is 13.6. The molecule has 0 unspecified atom stereocenters. The Bertz CT molecular complexity index is 629. The highest BCUT2D eigenvalue weighted by Gasteiger charge is 2.51. The standard InChI is InChI=1S/C26H48F2N4O3/c1-5-7-9-11-13-15-17-32(18-16-14-12-10-8-6-2)23(33)26(27,28)19-25(20-30-31-29)21-34-24(3,4)35-22-25/h5-22H2,1-4H3. The molecule has 0 spiro atoms. The normalized spacial score (nSPS) is 17.1. The summed E-state index contributed by atoms with van der Waals surface area (Å²) in [6, 6.07) is 0. The Kier molecular flexibility index (Phi) is 14.7. The number of hydrogen-bond acceptors (Lipinski definition) is 4. The predicted molar refractivity (Wildman–Crippen MR) is 135 cm³/mol. The van der Waals surface area contributed by atoms with Crippen molar-refractivity contribution in [2.45, 2.75) is 123 Å². The SMILES string of the molecule is CCCCCCCCN(CCCCCCCC)C(=O)C(F)(F)CC1(CN=[N+]=[N-])COC(C)(C)OC1. The van der Waals surface area contributed by atoms with Crippen LogP contribution in [0, 0.1) is 5.41 Å². The molecule has 7 nitrogen and oxygen atoms in total. The predicted octanol–water partition coefficient (Wildman–Crippen LogP) is 7.64. The van der Waals surface area contributed by atoms with Crippen LogP contribution < -0.4 is 0 Å². The van der Waals surface area contributed by atoms with Crippen molar-refractivity contribution in [1.29, 1.82) is 0 Å². The molecule has 0 atom stereocenters. The van der Waals surface area contributed by atoms with Crippen molar-refractivity contribution >= 4 is 5.91 Å². The second-order valence-electron chi connectivity index (χ2n) is 10.6. The van der Waals surface area contributed by atoms with Crippen LogP contribution in [-0.2, 0) is 14.3 Å². The van der Waals surface area contributed by atoms with E-state index in [2.05, 4.69) is 23.9 Å². The largest absolute Gasteiger partial charge is 0.350 e. The van der Waals surface area contributed by atoms with Crippen LogP contribution in [0.4, 0.5) is 8.78 Å². The molecule has 0 aliphatic carbocycles. The van der Waals surface area contributed by atoms with Gasteiger partial charge in [0, 0.05) is 36.4 Å². The van der Waals surface area contributed by atoms with Crippen LogP contribution in [0.2, 0.25) is 0 Å². The van der Waals surface area contributed by atoms with Gasteiger partial charge in [-0.15, -0.1) is 0 Å². The monoisotopic (exact) mass is 502 g/mol. The van der Waals surface area contributed by atoms with Gasteiger partial charge in [0.05, 0.1) is 13.2 Å². The summed E-state index contributed by atoms with van der Waals surface area (Å²) in [4.78, 5) is 17.2. The van der Waals surface area contributed by atoms with Gasteiger partial charge in [-0.25, -0.2) is 0 Å². The fourth-order valence-corrected chi connectivity index (χ4v) is 4.43. The average molecular weight is 503 g/mol. The summed E-state index contributed by atoms with van der Waals surface area (Å²) in [6.45, 7) is 8.08. The van der Waals surface area contributed by atoms with E-state index >= 15 is 8.78 Å². The Hall–Kier alpha value is -1.44. The maximum absolute atomic E-state index is 15.4. The minimum atomic E-state index is -3.59. The van der Waals surface area contributed by atoms with Crippen molar-refractivity contribution in [3.8, 4) is 0 Å². The van der Waals surface area contributed by atoms with E-state index in [1.165, 1.54) is 17.7 Å². The number of alkyl halides is 2. The molecule has 1 amide bonds. The Morgan fingerprint density at radius 3 is 1.83 bits per heavy atom. The van der Waals surface area contributed by atoms with E-state index in [1.807, 2.05) is 0 Å². The number of rotatable bonds is 19. The maximum Gasteiger partial charge on any atom is 0.325 e. The number of ether oxygens (including phenoxy) is 2. The van der Waals surface area contributed by atoms with Crippen LogP contribution in [-0.4, -0.2) is 55.4 Å². The van der Waals surface area contributed by atoms with Gasteiger partial charge in [0.15, 0.2) is 5.79 Å². The molecule has 1 heterocycles. The number of carbonyl (C=O) groups is 1. The first kappa shape index (κ1) is 31.6. The second kappa shape index (κ2) is 16.3. The Morgan fingerprint density at radius 2 is 1.37 bits per heavy atom. The van der Waals surface area contributed by atoms with Crippen LogP contribution in [0.25, 0.3) is 10.4 Å². The van der Waals surface area contributed by atoms with E-state index in [0.717, 1.165) is 64.2 Å². The third kappa shape index (κ3) is 12.4. The van der Waals surface area contributed by atoms with Crippen LogP contribution in [0.15, 0.2) is 5.11 Å². The average Bonchev–Trinajstić information content (AvgIpc) is 2.82. The summed E-state index contributed by atoms with van der Waals surface area (Å²) in [7, 11) is 0. The lowest BCUT2D eigenvalue weighted by Crippen LogP contribution is -2.54. The van der Waals surface area contributed by atoms with E-state index in [4.69, 9.17) is 15.0 Å². The minimum Gasteiger partial charge on any atom is -0.350 e. The number of azide groups is 1. The van der Waals surface area contributed by atoms with E-state index in [-0.39, 0.29) is 19.8 Å². The molecule has 1 fully saturated rings. The smallest absolute Gasteiger partial charge is 0.325 e. The van der Waals surface area contributed by atoms with Gasteiger partial charge in [0.1, 0.15) is 0 Å². The van der Waals surface area contributed by atoms with Crippen LogP contribution in [0.3, 0.4) is 0 Å². The molecule has 0 N–H and O–H groups in total. The molecule has 1 saturated heterocycles. The number of carbonyl (C=O) groups excluding carboxylic acids is 1. The molecule has 0 aromatic carbocycles. The lowest BCUT2D eigenvalue weighted by atomic mass is 9.82. The highest BCUT2D eigenvalue weighted by Crippen LogP contribution is 2.40. The van der Waals surface area contributed by atoms with Crippen molar-refractivity contribution < 1.29 is 23.0 Å². The number of unbranched alkanes of at least 4 members (excludes halogenated alkanes) is 10. The van der Waals surface area contributed by atoms with Crippen molar-refractivity contribution in [1.82, 2.24) is 4.90 Å². The van der Waals surface area contributed by atoms with Gasteiger partial charge >= 0.3 is 5.92 Å². The zero-order valence-corrected chi connectivity index (χ0v) is 22.5. The van der Waals surface area contributed by atoms with Crippen molar-refractivity contribution in [2.24, 2.45) is 10.5 Å². The van der Waals surface area contributed by atoms with Gasteiger partial charge in [-0.3, -0.25) is 4.79 Å². The summed E-state index contributed by atoms with van der Waals surface area (Å²) in [5, 5.41) is 3.54. The van der Waals surface area contributed by atoms with Crippen molar-refractivity contribution in [3.05, 3.63) is 10.4 Å². The quantitative estimate of drug-likeness (QED) is 0.0787. The molecule has 1 rings (SSSR count). The fourth-order valence-electron chi connectivity index (χ4n) is 4.43. The Balaban J connectivity index is 2.83. The van der Waals surface area contributed by atoms with Crippen LogP contribution >= 0.6 is 0 Å². The molecule has 0 aromatic rings. The zero-order chi connectivity index (χ0) is 26.2. The summed E-state index contributed by atoms with van der Waals surface area (Å²) in [5.41, 5.74) is 7.53. The summed E-state index contributed by atoms with van der Waals surface area (Å²) in [6.07, 6.45) is 11.6. The van der Waals surface area contributed by atoms with Gasteiger partial charge in [-0.1, -0.05) is 83.2 Å². The number of hydrogen-bond donors (Lipinski definition) is 0. The van der Waals surface area contributed by atoms with Crippen molar-refractivity contribution in [3.63, 3.8) is 0 Å². The third-order valence-electron chi connectivity index (χ3n) is 6.68.